The third-order valence-electron chi connectivity index (χ3n) is 6.37. The molecule has 4 fully saturated rings. The molecule has 0 spiro atoms. The monoisotopic (exact) mass is 408 g/mol. The molecule has 1 amide bonds. The lowest BCUT2D eigenvalue weighted by molar-refractivity contribution is -0.0191. The van der Waals surface area contributed by atoms with Crippen LogP contribution >= 0.6 is 0 Å². The molecule has 4 bridgehead atoms. The number of alkyl carbamates (subject to hydrolysis) is 1. The largest absolute Gasteiger partial charge is 0.743 e. The molecule has 0 radical (unpaired) electrons. The molecular weight excluding hydrogens is 380 g/mol. The fourth-order valence-corrected chi connectivity index (χ4v) is 5.99. The molecule has 0 heterocycles. The van der Waals surface area contributed by atoms with Crippen LogP contribution in [0.15, 0.2) is 0 Å². The summed E-state index contributed by atoms with van der Waals surface area (Å²) in [5, 5.41) is -1.11. The number of unbranched alkanes of at least 4 members (excludes halogenated alkanes) is 3. The average Bonchev–Trinajstić information content (AvgIpc) is 2.50. The summed E-state index contributed by atoms with van der Waals surface area (Å²) in [6.45, 7) is 0.203. The molecule has 6 nitrogen and oxygen atoms in total. The van der Waals surface area contributed by atoms with E-state index in [0.29, 0.717) is 19.3 Å². The highest BCUT2D eigenvalue weighted by Gasteiger charge is 2.51. The molecule has 1 N–H and O–H groups in total. The fraction of sp³-hybridized carbons (Fsp3) is 0.944. The molecule has 27 heavy (non-hydrogen) atoms. The summed E-state index contributed by atoms with van der Waals surface area (Å²) in [7, 11) is -5.59. The number of alkyl halides is 2. The molecule has 4 aliphatic rings. The second kappa shape index (κ2) is 7.81. The minimum atomic E-state index is -5.59. The van der Waals surface area contributed by atoms with Crippen LogP contribution in [0.5, 0.6) is 0 Å². The maximum atomic E-state index is 13.0. The molecule has 0 aliphatic heterocycles. The first-order valence-electron chi connectivity index (χ1n) is 9.87. The van der Waals surface area contributed by atoms with E-state index < -0.39 is 27.9 Å². The van der Waals surface area contributed by atoms with Crippen molar-refractivity contribution in [2.45, 2.75) is 81.4 Å². The average molecular weight is 408 g/mol. The molecule has 0 unspecified atom stereocenters. The van der Waals surface area contributed by atoms with E-state index >= 15 is 0 Å². The maximum absolute atomic E-state index is 13.0. The van der Waals surface area contributed by atoms with E-state index in [1.807, 2.05) is 0 Å². The summed E-state index contributed by atoms with van der Waals surface area (Å²) in [5.74, 6) is 2.19. The Hall–Kier alpha value is -0.960. The molecular formula is C18H28F2NO5S-. The lowest BCUT2D eigenvalue weighted by Crippen LogP contribution is -2.59. The van der Waals surface area contributed by atoms with Crippen LogP contribution in [-0.4, -0.2) is 36.5 Å². The molecule has 4 rings (SSSR count). The number of hydrogen-bond donors (Lipinski definition) is 1. The van der Waals surface area contributed by atoms with Crippen LogP contribution in [0.25, 0.3) is 0 Å². The van der Waals surface area contributed by atoms with Gasteiger partial charge in [0.2, 0.25) is 0 Å². The first-order chi connectivity index (χ1) is 12.6. The Morgan fingerprint density at radius 1 is 1.04 bits per heavy atom. The van der Waals surface area contributed by atoms with Crippen molar-refractivity contribution in [1.82, 2.24) is 5.32 Å². The summed E-state index contributed by atoms with van der Waals surface area (Å²) >= 11 is 0. The maximum Gasteiger partial charge on any atom is 0.407 e. The molecule has 4 saturated carbocycles. The number of amides is 1. The standard InChI is InChI=1S/C18H29F2NO5S/c19-18(20,27(23,24)25)5-3-1-2-4-6-26-16(22)21-17-10-13-7-14(11-17)9-15(8-13)12-17/h13-15H,1-12H2,(H,21,22)(H,23,24,25)/p-1. The van der Waals surface area contributed by atoms with Gasteiger partial charge in [-0.2, -0.15) is 8.78 Å². The predicted molar refractivity (Wildman–Crippen MR) is 93.1 cm³/mol. The number of carbonyl (C=O) groups excluding carboxylic acids is 1. The van der Waals surface area contributed by atoms with Gasteiger partial charge in [-0.25, -0.2) is 13.2 Å². The van der Waals surface area contributed by atoms with Gasteiger partial charge in [-0.15, -0.1) is 0 Å². The van der Waals surface area contributed by atoms with Crippen LogP contribution in [0.3, 0.4) is 0 Å². The van der Waals surface area contributed by atoms with Gasteiger partial charge in [-0.3, -0.25) is 0 Å². The molecule has 0 aromatic heterocycles. The fourth-order valence-electron chi connectivity index (χ4n) is 5.59. The third kappa shape index (κ3) is 5.10. The van der Waals surface area contributed by atoms with Crippen molar-refractivity contribution in [3.05, 3.63) is 0 Å². The van der Waals surface area contributed by atoms with Gasteiger partial charge in [0.1, 0.15) is 0 Å². The Labute approximate surface area is 159 Å². The van der Waals surface area contributed by atoms with E-state index in [2.05, 4.69) is 5.32 Å². The summed E-state index contributed by atoms with van der Waals surface area (Å²) in [6.07, 6.45) is 6.99. The summed E-state index contributed by atoms with van der Waals surface area (Å²) in [5.41, 5.74) is -0.0960. The highest BCUT2D eigenvalue weighted by Crippen LogP contribution is 2.55. The predicted octanol–water partition coefficient (Wildman–Crippen LogP) is 3.77. The van der Waals surface area contributed by atoms with Gasteiger partial charge >= 0.3 is 11.3 Å². The van der Waals surface area contributed by atoms with Crippen molar-refractivity contribution in [1.29, 1.82) is 0 Å². The van der Waals surface area contributed by atoms with Crippen LogP contribution < -0.4 is 5.32 Å². The molecule has 156 valence electrons. The van der Waals surface area contributed by atoms with Gasteiger partial charge in [0.25, 0.3) is 0 Å². The normalized spacial score (nSPS) is 32.5. The first kappa shape index (κ1) is 20.8. The highest BCUT2D eigenvalue weighted by atomic mass is 32.2. The van der Waals surface area contributed by atoms with Crippen LogP contribution in [0.2, 0.25) is 0 Å². The number of halogens is 2. The van der Waals surface area contributed by atoms with Gasteiger partial charge in [-0.1, -0.05) is 12.8 Å². The van der Waals surface area contributed by atoms with E-state index in [1.165, 1.54) is 19.3 Å². The first-order valence-corrected chi connectivity index (χ1v) is 11.3. The van der Waals surface area contributed by atoms with Crippen LogP contribution in [0.4, 0.5) is 13.6 Å². The Balaban J connectivity index is 1.29. The summed E-state index contributed by atoms with van der Waals surface area (Å²) in [6, 6.07) is 0. The number of carbonyl (C=O) groups is 1. The number of nitrogens with one attached hydrogen (secondary N) is 1. The van der Waals surface area contributed by atoms with Crippen molar-refractivity contribution >= 4 is 16.2 Å². The Kier molecular flexibility index (Phi) is 6.01. The zero-order chi connectivity index (χ0) is 19.7. The van der Waals surface area contributed by atoms with E-state index in [9.17, 15) is 26.5 Å². The topological polar surface area (TPSA) is 95.5 Å². The molecule has 9 heteroatoms. The number of hydrogen-bond acceptors (Lipinski definition) is 5. The molecule has 4 aliphatic carbocycles. The summed E-state index contributed by atoms with van der Waals surface area (Å²) < 4.78 is 62.4. The van der Waals surface area contributed by atoms with E-state index in [-0.39, 0.29) is 18.6 Å². The number of ether oxygens (including phenoxy) is 1. The van der Waals surface area contributed by atoms with Crippen molar-refractivity contribution in [3.63, 3.8) is 0 Å². The van der Waals surface area contributed by atoms with Gasteiger partial charge in [-0.05, 0) is 69.1 Å². The van der Waals surface area contributed by atoms with Crippen molar-refractivity contribution in [3.8, 4) is 0 Å². The molecule has 0 aromatic rings. The third-order valence-corrected chi connectivity index (χ3v) is 7.30. The SMILES string of the molecule is O=C(NC12CC3CC(CC(C3)C1)C2)OCCCCCCC(F)(F)S(=O)(=O)[O-]. The zero-order valence-corrected chi connectivity index (χ0v) is 16.2. The lowest BCUT2D eigenvalue weighted by Gasteiger charge is -2.56. The minimum Gasteiger partial charge on any atom is -0.743 e. The van der Waals surface area contributed by atoms with Crippen LogP contribution in [0.1, 0.15) is 70.6 Å². The van der Waals surface area contributed by atoms with E-state index in [0.717, 1.165) is 37.0 Å². The molecule has 0 atom stereocenters. The second-order valence-corrected chi connectivity index (χ2v) is 10.2. The lowest BCUT2D eigenvalue weighted by atomic mass is 9.53. The smallest absolute Gasteiger partial charge is 0.407 e. The Morgan fingerprint density at radius 2 is 1.56 bits per heavy atom. The van der Waals surface area contributed by atoms with Crippen molar-refractivity contribution < 1.29 is 31.3 Å². The van der Waals surface area contributed by atoms with Crippen LogP contribution in [0, 0.1) is 17.8 Å². The zero-order valence-electron chi connectivity index (χ0n) is 15.4. The molecule has 0 saturated heterocycles. The quantitative estimate of drug-likeness (QED) is 0.463. The Bertz CT molecular complexity index is 617. The van der Waals surface area contributed by atoms with Gasteiger partial charge in [0, 0.05) is 12.0 Å². The van der Waals surface area contributed by atoms with Crippen molar-refractivity contribution in [2.75, 3.05) is 6.61 Å². The van der Waals surface area contributed by atoms with E-state index in [4.69, 9.17) is 4.74 Å². The van der Waals surface area contributed by atoms with Crippen molar-refractivity contribution in [2.24, 2.45) is 17.8 Å². The molecule has 0 aromatic carbocycles. The Morgan fingerprint density at radius 3 is 2.07 bits per heavy atom. The summed E-state index contributed by atoms with van der Waals surface area (Å²) in [4.78, 5) is 12.1. The van der Waals surface area contributed by atoms with Gasteiger partial charge < -0.3 is 14.6 Å². The van der Waals surface area contributed by atoms with Gasteiger partial charge in [0.15, 0.2) is 10.1 Å². The number of rotatable bonds is 9. The second-order valence-electron chi connectivity index (χ2n) is 8.71. The minimum absolute atomic E-state index is 0.0616. The van der Waals surface area contributed by atoms with Crippen LogP contribution in [-0.2, 0) is 14.9 Å². The van der Waals surface area contributed by atoms with Gasteiger partial charge in [0.05, 0.1) is 6.61 Å². The van der Waals surface area contributed by atoms with E-state index in [1.54, 1.807) is 0 Å². The highest BCUT2D eigenvalue weighted by molar-refractivity contribution is 7.86.